The van der Waals surface area contributed by atoms with Crippen molar-refractivity contribution >= 4 is 21.6 Å². The van der Waals surface area contributed by atoms with Crippen LogP contribution in [0.25, 0.3) is 0 Å². The number of anilines is 1. The molecule has 0 spiro atoms. The van der Waals surface area contributed by atoms with Crippen LogP contribution in [-0.4, -0.2) is 21.4 Å². The summed E-state index contributed by atoms with van der Waals surface area (Å²) in [6.45, 7) is 0. The summed E-state index contributed by atoms with van der Waals surface area (Å²) in [5.41, 5.74) is 0.627. The van der Waals surface area contributed by atoms with E-state index in [4.69, 9.17) is 0 Å². The third-order valence-corrected chi connectivity index (χ3v) is 5.75. The number of allylic oxidation sites excluding steroid dienone is 2. The van der Waals surface area contributed by atoms with Crippen molar-refractivity contribution in [2.45, 2.75) is 17.7 Å². The lowest BCUT2D eigenvalue weighted by Gasteiger charge is -2.17. The molecule has 112 valence electrons. The van der Waals surface area contributed by atoms with Crippen LogP contribution in [0.1, 0.15) is 12.8 Å². The number of fused-ring (bicyclic) bond motifs is 2. The lowest BCUT2D eigenvalue weighted by molar-refractivity contribution is -0.120. The number of rotatable bonds is 4. The summed E-state index contributed by atoms with van der Waals surface area (Å²) < 4.78 is 25.5. The van der Waals surface area contributed by atoms with Crippen LogP contribution >= 0.6 is 0 Å². The smallest absolute Gasteiger partial charge is 0.240 e. The van der Waals surface area contributed by atoms with Gasteiger partial charge in [-0.2, -0.15) is 0 Å². The van der Waals surface area contributed by atoms with Gasteiger partial charge in [0.2, 0.25) is 15.9 Å². The predicted octanol–water partition coefficient (Wildman–Crippen LogP) is 1.75. The number of sulfonamides is 1. The van der Waals surface area contributed by atoms with Gasteiger partial charge in [-0.1, -0.05) is 12.2 Å². The Morgan fingerprint density at radius 2 is 1.86 bits per heavy atom. The van der Waals surface area contributed by atoms with Crippen molar-refractivity contribution in [3.63, 3.8) is 0 Å². The first-order valence-corrected chi connectivity index (χ1v) is 8.51. The molecule has 2 bridgehead atoms. The van der Waals surface area contributed by atoms with Crippen molar-refractivity contribution in [1.29, 1.82) is 0 Å². The fourth-order valence-electron chi connectivity index (χ4n) is 3.15. The number of benzene rings is 1. The Morgan fingerprint density at radius 3 is 2.38 bits per heavy atom. The number of nitrogens with one attached hydrogen (secondary N) is 2. The molecule has 3 rings (SSSR count). The van der Waals surface area contributed by atoms with Crippen molar-refractivity contribution < 1.29 is 13.2 Å². The van der Waals surface area contributed by atoms with Gasteiger partial charge in [0, 0.05) is 11.6 Å². The third kappa shape index (κ3) is 2.73. The molecule has 2 aliphatic carbocycles. The van der Waals surface area contributed by atoms with Crippen molar-refractivity contribution in [1.82, 2.24) is 4.72 Å². The predicted molar refractivity (Wildman–Crippen MR) is 80.2 cm³/mol. The lowest BCUT2D eigenvalue weighted by Crippen LogP contribution is -2.26. The number of amides is 1. The van der Waals surface area contributed by atoms with Crippen LogP contribution in [0.2, 0.25) is 0 Å². The summed E-state index contributed by atoms with van der Waals surface area (Å²) >= 11 is 0. The molecule has 6 heteroatoms. The number of carbonyl (C=O) groups is 1. The monoisotopic (exact) mass is 306 g/mol. The minimum absolute atomic E-state index is 0.0241. The molecular weight excluding hydrogens is 288 g/mol. The van der Waals surface area contributed by atoms with Crippen LogP contribution in [0, 0.1) is 17.8 Å². The molecule has 1 saturated carbocycles. The highest BCUT2D eigenvalue weighted by Gasteiger charge is 2.39. The molecule has 21 heavy (non-hydrogen) atoms. The first kappa shape index (κ1) is 14.3. The van der Waals surface area contributed by atoms with Gasteiger partial charge in [-0.15, -0.1) is 0 Å². The van der Waals surface area contributed by atoms with E-state index in [0.29, 0.717) is 17.5 Å². The van der Waals surface area contributed by atoms with E-state index in [1.807, 2.05) is 0 Å². The molecule has 0 radical (unpaired) electrons. The molecule has 0 aliphatic heterocycles. The Hall–Kier alpha value is -1.66. The topological polar surface area (TPSA) is 75.3 Å². The van der Waals surface area contributed by atoms with Crippen LogP contribution < -0.4 is 10.0 Å². The van der Waals surface area contributed by atoms with E-state index in [1.165, 1.54) is 19.2 Å². The van der Waals surface area contributed by atoms with E-state index >= 15 is 0 Å². The van der Waals surface area contributed by atoms with Crippen molar-refractivity contribution in [3.05, 3.63) is 36.4 Å². The number of hydrogen-bond acceptors (Lipinski definition) is 3. The largest absolute Gasteiger partial charge is 0.326 e. The highest BCUT2D eigenvalue weighted by molar-refractivity contribution is 7.89. The van der Waals surface area contributed by atoms with Crippen LogP contribution in [0.5, 0.6) is 0 Å². The SMILES string of the molecule is CNS(=O)(=O)c1ccc(NC(=O)[C@H]2C[C@H]3C=C[C@@H]2C3)cc1. The average Bonchev–Trinajstić information content (AvgIpc) is 3.10. The second kappa shape index (κ2) is 5.27. The second-order valence-electron chi connectivity index (χ2n) is 5.61. The van der Waals surface area contributed by atoms with Crippen molar-refractivity contribution in [3.8, 4) is 0 Å². The number of hydrogen-bond donors (Lipinski definition) is 2. The van der Waals surface area contributed by atoms with Crippen molar-refractivity contribution in [2.75, 3.05) is 12.4 Å². The zero-order chi connectivity index (χ0) is 15.0. The molecule has 0 aromatic heterocycles. The molecule has 1 amide bonds. The van der Waals surface area contributed by atoms with Gasteiger partial charge in [0.15, 0.2) is 0 Å². The third-order valence-electron chi connectivity index (χ3n) is 4.32. The molecule has 2 N–H and O–H groups in total. The first-order chi connectivity index (χ1) is 9.99. The quantitative estimate of drug-likeness (QED) is 0.832. The van der Waals surface area contributed by atoms with Gasteiger partial charge in [-0.3, -0.25) is 4.79 Å². The molecule has 1 aromatic carbocycles. The summed E-state index contributed by atoms with van der Waals surface area (Å²) in [7, 11) is -2.07. The van der Waals surface area contributed by atoms with Crippen LogP contribution in [0.3, 0.4) is 0 Å². The average molecular weight is 306 g/mol. The molecule has 2 aliphatic rings. The maximum Gasteiger partial charge on any atom is 0.240 e. The Balaban J connectivity index is 1.68. The molecule has 1 fully saturated rings. The molecule has 0 saturated heterocycles. The van der Waals surface area contributed by atoms with Crippen LogP contribution in [-0.2, 0) is 14.8 Å². The van der Waals surface area contributed by atoms with Crippen molar-refractivity contribution in [2.24, 2.45) is 17.8 Å². The fraction of sp³-hybridized carbons (Fsp3) is 0.400. The molecule has 0 heterocycles. The Morgan fingerprint density at radius 1 is 1.14 bits per heavy atom. The lowest BCUT2D eigenvalue weighted by atomic mass is 9.93. The summed E-state index contributed by atoms with van der Waals surface area (Å²) in [6.07, 6.45) is 6.34. The normalized spacial score (nSPS) is 27.0. The molecule has 5 nitrogen and oxygen atoms in total. The fourth-order valence-corrected chi connectivity index (χ4v) is 3.88. The van der Waals surface area contributed by atoms with E-state index in [-0.39, 0.29) is 16.7 Å². The van der Waals surface area contributed by atoms with Gasteiger partial charge in [0.05, 0.1) is 4.90 Å². The van der Waals surface area contributed by atoms with Crippen LogP contribution in [0.4, 0.5) is 5.69 Å². The molecule has 0 unspecified atom stereocenters. The summed E-state index contributed by atoms with van der Waals surface area (Å²) in [6, 6.07) is 6.21. The van der Waals surface area contributed by atoms with Gasteiger partial charge < -0.3 is 5.32 Å². The second-order valence-corrected chi connectivity index (χ2v) is 7.49. The summed E-state index contributed by atoms with van der Waals surface area (Å²) in [5, 5.41) is 2.88. The van der Waals surface area contributed by atoms with Gasteiger partial charge in [0.1, 0.15) is 0 Å². The minimum Gasteiger partial charge on any atom is -0.326 e. The van der Waals surface area contributed by atoms with E-state index < -0.39 is 10.0 Å². The first-order valence-electron chi connectivity index (χ1n) is 7.02. The highest BCUT2D eigenvalue weighted by Crippen LogP contribution is 2.43. The van der Waals surface area contributed by atoms with Crippen LogP contribution in [0.15, 0.2) is 41.3 Å². The summed E-state index contributed by atoms with van der Waals surface area (Å²) in [4.78, 5) is 12.5. The van der Waals surface area contributed by atoms with Gasteiger partial charge in [0.25, 0.3) is 0 Å². The van der Waals surface area contributed by atoms with Gasteiger partial charge in [-0.25, -0.2) is 13.1 Å². The van der Waals surface area contributed by atoms with E-state index in [1.54, 1.807) is 12.1 Å². The zero-order valence-corrected chi connectivity index (χ0v) is 12.6. The number of carbonyl (C=O) groups excluding carboxylic acids is 1. The van der Waals surface area contributed by atoms with Gasteiger partial charge in [-0.05, 0) is 56.0 Å². The highest BCUT2D eigenvalue weighted by atomic mass is 32.2. The van der Waals surface area contributed by atoms with E-state index in [0.717, 1.165) is 12.8 Å². The van der Waals surface area contributed by atoms with E-state index in [9.17, 15) is 13.2 Å². The maximum atomic E-state index is 12.3. The van der Waals surface area contributed by atoms with Gasteiger partial charge >= 0.3 is 0 Å². The standard InChI is InChI=1S/C15H18N2O3S/c1-16-21(19,20)13-6-4-12(5-7-13)17-15(18)14-9-10-2-3-11(14)8-10/h2-7,10-11,14,16H,8-9H2,1H3,(H,17,18)/t10-,11+,14-/m0/s1. The maximum absolute atomic E-state index is 12.3. The van der Waals surface area contributed by atoms with E-state index in [2.05, 4.69) is 22.2 Å². The Kier molecular flexibility index (Phi) is 3.59. The summed E-state index contributed by atoms with van der Waals surface area (Å²) in [5.74, 6) is 0.977. The minimum atomic E-state index is -3.44. The molecule has 1 aromatic rings. The molecule has 3 atom stereocenters. The Bertz CT molecular complexity index is 679. The Labute approximate surface area is 124 Å². The zero-order valence-electron chi connectivity index (χ0n) is 11.7. The molecular formula is C15H18N2O3S.